The first-order chi connectivity index (χ1) is 16.0. The molecule has 3 aromatic heterocycles. The fourth-order valence-electron chi connectivity index (χ4n) is 4.94. The van der Waals surface area contributed by atoms with E-state index in [1.165, 1.54) is 0 Å². The van der Waals surface area contributed by atoms with E-state index in [1.54, 1.807) is 17.5 Å². The number of nitrogens with one attached hydrogen (secondary N) is 1. The molecule has 33 heavy (non-hydrogen) atoms. The maximum atomic E-state index is 10.4. The van der Waals surface area contributed by atoms with Crippen LogP contribution in [0.3, 0.4) is 0 Å². The molecule has 4 aromatic rings. The van der Waals surface area contributed by atoms with E-state index in [0.29, 0.717) is 17.9 Å². The standard InChI is InChI=1S/C25H24ClN3O3S/c1-3-20(30)21-10-19-23(33-21)15(4-7-28-19)16-9-14(26)8-13-11-25(2,31-22(13)16)24-17-12-27-6-5-18(17)29-32-24/h4,7-10,20,27,30H,3,5-6,11-12H2,1-2H3/t20?,25-/m0/s1. The second-order valence-electron chi connectivity index (χ2n) is 8.96. The average Bonchev–Trinajstić information content (AvgIpc) is 3.52. The SMILES string of the molecule is CCC(O)c1cc2nccc(-c3cc(Cl)cc4c3O[C@](C)(c3onc5c3CNCC5)C4)c2s1. The molecule has 0 aliphatic carbocycles. The van der Waals surface area contributed by atoms with Crippen LogP contribution >= 0.6 is 22.9 Å². The van der Waals surface area contributed by atoms with E-state index in [-0.39, 0.29) is 0 Å². The molecule has 8 heteroatoms. The first-order valence-corrected chi connectivity index (χ1v) is 12.4. The molecular formula is C25H24ClN3O3S. The Hall–Kier alpha value is -2.45. The minimum absolute atomic E-state index is 0.493. The van der Waals surface area contributed by atoms with Crippen molar-refractivity contribution in [2.24, 2.45) is 0 Å². The number of pyridine rings is 1. The minimum Gasteiger partial charge on any atom is -0.478 e. The number of nitrogens with zero attached hydrogens (tertiary/aromatic N) is 2. The van der Waals surface area contributed by atoms with Crippen LogP contribution in [0.15, 0.2) is 35.0 Å². The second-order valence-corrected chi connectivity index (χ2v) is 10.5. The molecule has 0 saturated carbocycles. The van der Waals surface area contributed by atoms with Gasteiger partial charge in [-0.15, -0.1) is 11.3 Å². The van der Waals surface area contributed by atoms with E-state index in [2.05, 4.69) is 22.4 Å². The molecule has 6 nitrogen and oxygen atoms in total. The molecule has 2 atom stereocenters. The van der Waals surface area contributed by atoms with Crippen molar-refractivity contribution in [1.29, 1.82) is 0 Å². The van der Waals surface area contributed by atoms with Gasteiger partial charge in [-0.3, -0.25) is 4.98 Å². The third kappa shape index (κ3) is 3.37. The minimum atomic E-state index is -0.660. The third-order valence-electron chi connectivity index (χ3n) is 6.61. The van der Waals surface area contributed by atoms with Crippen LogP contribution in [0.25, 0.3) is 21.3 Å². The predicted molar refractivity (Wildman–Crippen MR) is 129 cm³/mol. The number of hydrogen-bond acceptors (Lipinski definition) is 7. The zero-order valence-corrected chi connectivity index (χ0v) is 20.0. The van der Waals surface area contributed by atoms with Crippen LogP contribution in [-0.4, -0.2) is 21.8 Å². The highest BCUT2D eigenvalue weighted by Crippen LogP contribution is 2.50. The van der Waals surface area contributed by atoms with E-state index in [4.69, 9.17) is 20.9 Å². The molecule has 1 unspecified atom stereocenters. The van der Waals surface area contributed by atoms with Crippen molar-refractivity contribution in [3.63, 3.8) is 0 Å². The molecule has 6 rings (SSSR count). The normalized spacial score (nSPS) is 20.5. The third-order valence-corrected chi connectivity index (χ3v) is 8.09. The van der Waals surface area contributed by atoms with Crippen LogP contribution in [0.5, 0.6) is 5.75 Å². The van der Waals surface area contributed by atoms with Gasteiger partial charge in [0.25, 0.3) is 0 Å². The average molecular weight is 482 g/mol. The number of hydrogen-bond donors (Lipinski definition) is 2. The summed E-state index contributed by atoms with van der Waals surface area (Å²) in [4.78, 5) is 5.45. The predicted octanol–water partition coefficient (Wildman–Crippen LogP) is 5.54. The number of aromatic nitrogens is 2. The number of aliphatic hydroxyl groups excluding tert-OH is 1. The Kier molecular flexibility index (Phi) is 4.99. The summed E-state index contributed by atoms with van der Waals surface area (Å²) in [7, 11) is 0. The maximum Gasteiger partial charge on any atom is 0.185 e. The van der Waals surface area contributed by atoms with Gasteiger partial charge < -0.3 is 19.7 Å². The molecule has 5 heterocycles. The lowest BCUT2D eigenvalue weighted by Crippen LogP contribution is -2.31. The molecule has 0 radical (unpaired) electrons. The fraction of sp³-hybridized carbons (Fsp3) is 0.360. The lowest BCUT2D eigenvalue weighted by atomic mass is 9.91. The Morgan fingerprint density at radius 3 is 3.03 bits per heavy atom. The van der Waals surface area contributed by atoms with Crippen molar-refractivity contribution in [1.82, 2.24) is 15.5 Å². The number of thiophene rings is 1. The number of fused-ring (bicyclic) bond motifs is 3. The van der Waals surface area contributed by atoms with E-state index in [9.17, 15) is 5.11 Å². The molecule has 0 saturated heterocycles. The van der Waals surface area contributed by atoms with Crippen LogP contribution in [0, 0.1) is 0 Å². The molecule has 1 aromatic carbocycles. The van der Waals surface area contributed by atoms with Crippen molar-refractivity contribution in [3.8, 4) is 16.9 Å². The molecule has 2 aliphatic rings. The summed E-state index contributed by atoms with van der Waals surface area (Å²) in [6.07, 6.45) is 3.47. The molecule has 0 fully saturated rings. The van der Waals surface area contributed by atoms with Gasteiger partial charge in [0.1, 0.15) is 5.75 Å². The summed E-state index contributed by atoms with van der Waals surface area (Å²) in [6, 6.07) is 7.90. The molecule has 0 amide bonds. The van der Waals surface area contributed by atoms with Crippen LogP contribution < -0.4 is 10.1 Å². The Labute approximate surface area is 200 Å². The highest BCUT2D eigenvalue weighted by Gasteiger charge is 2.44. The topological polar surface area (TPSA) is 80.4 Å². The van der Waals surface area contributed by atoms with Crippen LogP contribution in [0.1, 0.15) is 53.8 Å². The van der Waals surface area contributed by atoms with Gasteiger partial charge in [0.15, 0.2) is 11.4 Å². The summed E-state index contributed by atoms with van der Waals surface area (Å²) in [5, 5.41) is 18.8. The van der Waals surface area contributed by atoms with Gasteiger partial charge in [0.2, 0.25) is 0 Å². The molecule has 2 aliphatic heterocycles. The van der Waals surface area contributed by atoms with Gasteiger partial charge >= 0.3 is 0 Å². The van der Waals surface area contributed by atoms with Gasteiger partial charge in [0, 0.05) is 64.3 Å². The fourth-order valence-corrected chi connectivity index (χ4v) is 6.40. The Bertz CT molecular complexity index is 1380. The van der Waals surface area contributed by atoms with Crippen LogP contribution in [0.2, 0.25) is 5.02 Å². The monoisotopic (exact) mass is 481 g/mol. The summed E-state index contributed by atoms with van der Waals surface area (Å²) < 4.78 is 13.5. The lowest BCUT2D eigenvalue weighted by molar-refractivity contribution is 0.0792. The van der Waals surface area contributed by atoms with Crippen molar-refractivity contribution in [2.45, 2.75) is 51.4 Å². The van der Waals surface area contributed by atoms with Crippen molar-refractivity contribution in [2.75, 3.05) is 6.54 Å². The number of rotatable bonds is 4. The van der Waals surface area contributed by atoms with E-state index in [0.717, 1.165) is 74.1 Å². The van der Waals surface area contributed by atoms with E-state index >= 15 is 0 Å². The van der Waals surface area contributed by atoms with E-state index in [1.807, 2.05) is 31.2 Å². The summed E-state index contributed by atoms with van der Waals surface area (Å²) in [6.45, 7) is 5.67. The van der Waals surface area contributed by atoms with Gasteiger partial charge in [-0.2, -0.15) is 0 Å². The summed E-state index contributed by atoms with van der Waals surface area (Å²) in [5.74, 6) is 1.60. The smallest absolute Gasteiger partial charge is 0.185 e. The number of ether oxygens (including phenoxy) is 1. The first kappa shape index (κ1) is 21.1. The van der Waals surface area contributed by atoms with Gasteiger partial charge in [-0.05, 0) is 37.6 Å². The number of halogens is 1. The van der Waals surface area contributed by atoms with Crippen molar-refractivity contribution >= 4 is 33.2 Å². The zero-order valence-electron chi connectivity index (χ0n) is 18.4. The van der Waals surface area contributed by atoms with Gasteiger partial charge in [-0.25, -0.2) is 0 Å². The number of aliphatic hydroxyl groups is 1. The Morgan fingerprint density at radius 1 is 1.30 bits per heavy atom. The second kappa shape index (κ2) is 7.81. The molecule has 2 N–H and O–H groups in total. The molecule has 0 bridgehead atoms. The summed E-state index contributed by atoms with van der Waals surface area (Å²) >= 11 is 8.16. The highest BCUT2D eigenvalue weighted by atomic mass is 35.5. The van der Waals surface area contributed by atoms with Crippen molar-refractivity contribution < 1.29 is 14.4 Å². The number of benzene rings is 1. The van der Waals surface area contributed by atoms with Gasteiger partial charge in [-0.1, -0.05) is 23.7 Å². The Morgan fingerprint density at radius 2 is 2.18 bits per heavy atom. The maximum absolute atomic E-state index is 10.4. The van der Waals surface area contributed by atoms with E-state index < -0.39 is 11.7 Å². The highest BCUT2D eigenvalue weighted by molar-refractivity contribution is 7.19. The van der Waals surface area contributed by atoms with Gasteiger partial charge in [0.05, 0.1) is 22.0 Å². The van der Waals surface area contributed by atoms with Crippen LogP contribution in [0.4, 0.5) is 0 Å². The molecular weight excluding hydrogens is 458 g/mol. The lowest BCUT2D eigenvalue weighted by Gasteiger charge is -2.24. The Balaban J connectivity index is 1.47. The largest absolute Gasteiger partial charge is 0.478 e. The molecule has 170 valence electrons. The van der Waals surface area contributed by atoms with Crippen LogP contribution in [-0.2, 0) is 25.0 Å². The van der Waals surface area contributed by atoms with Crippen molar-refractivity contribution in [3.05, 3.63) is 62.9 Å². The summed E-state index contributed by atoms with van der Waals surface area (Å²) in [5.41, 5.74) is 5.30. The molecule has 0 spiro atoms. The zero-order chi connectivity index (χ0) is 22.7. The first-order valence-electron chi connectivity index (χ1n) is 11.2. The quantitative estimate of drug-likeness (QED) is 0.398.